The summed E-state index contributed by atoms with van der Waals surface area (Å²) >= 11 is 5.90. The highest BCUT2D eigenvalue weighted by molar-refractivity contribution is 7.92. The molecule has 6 heteroatoms. The maximum absolute atomic E-state index is 14.2. The molecule has 0 aliphatic rings. The van der Waals surface area contributed by atoms with E-state index >= 15 is 0 Å². The third-order valence-electron chi connectivity index (χ3n) is 4.41. The van der Waals surface area contributed by atoms with Crippen molar-refractivity contribution in [3.05, 3.63) is 94.8 Å². The van der Waals surface area contributed by atoms with Gasteiger partial charge in [-0.25, -0.2) is 12.8 Å². The highest BCUT2D eigenvalue weighted by Crippen LogP contribution is 2.34. The van der Waals surface area contributed by atoms with E-state index in [1.54, 1.807) is 26.0 Å². The lowest BCUT2D eigenvalue weighted by Gasteiger charge is -2.31. The zero-order valence-corrected chi connectivity index (χ0v) is 16.5. The van der Waals surface area contributed by atoms with Crippen molar-refractivity contribution in [3.8, 4) is 0 Å². The lowest BCUT2D eigenvalue weighted by Crippen LogP contribution is -2.33. The van der Waals surface area contributed by atoms with E-state index in [-0.39, 0.29) is 10.6 Å². The number of hydrogen-bond acceptors (Lipinski definition) is 2. The fourth-order valence-electron chi connectivity index (χ4n) is 2.88. The Morgan fingerprint density at radius 3 is 2.19 bits per heavy atom. The van der Waals surface area contributed by atoms with Crippen LogP contribution in [0.4, 0.5) is 10.1 Å². The Morgan fingerprint density at radius 1 is 0.963 bits per heavy atom. The molecule has 0 spiro atoms. The summed E-state index contributed by atoms with van der Waals surface area (Å²) in [4.78, 5) is 0.0932. The van der Waals surface area contributed by atoms with Gasteiger partial charge in [0, 0.05) is 5.02 Å². The van der Waals surface area contributed by atoms with E-state index in [9.17, 15) is 12.8 Å². The molecule has 0 fully saturated rings. The highest BCUT2D eigenvalue weighted by atomic mass is 35.5. The Morgan fingerprint density at radius 2 is 1.59 bits per heavy atom. The van der Waals surface area contributed by atoms with Gasteiger partial charge in [0.25, 0.3) is 10.0 Å². The van der Waals surface area contributed by atoms with Crippen LogP contribution in [0.5, 0.6) is 0 Å². The number of aryl methyl sites for hydroxylation is 1. The molecule has 0 aromatic heterocycles. The van der Waals surface area contributed by atoms with Crippen molar-refractivity contribution in [2.45, 2.75) is 24.8 Å². The van der Waals surface area contributed by atoms with Crippen LogP contribution in [0.2, 0.25) is 5.02 Å². The molecule has 3 rings (SSSR count). The van der Waals surface area contributed by atoms with Gasteiger partial charge in [-0.3, -0.25) is 4.31 Å². The van der Waals surface area contributed by atoms with Crippen molar-refractivity contribution in [1.29, 1.82) is 0 Å². The first-order chi connectivity index (χ1) is 12.8. The van der Waals surface area contributed by atoms with Gasteiger partial charge in [0.1, 0.15) is 5.82 Å². The fourth-order valence-corrected chi connectivity index (χ4v) is 4.64. The third-order valence-corrected chi connectivity index (χ3v) is 6.58. The van der Waals surface area contributed by atoms with Crippen LogP contribution < -0.4 is 4.31 Å². The molecule has 0 radical (unpaired) electrons. The van der Waals surface area contributed by atoms with Crippen LogP contribution in [0.15, 0.2) is 77.7 Å². The van der Waals surface area contributed by atoms with E-state index in [0.29, 0.717) is 10.6 Å². The smallest absolute Gasteiger partial charge is 0.259 e. The van der Waals surface area contributed by atoms with Gasteiger partial charge < -0.3 is 0 Å². The monoisotopic (exact) mass is 403 g/mol. The van der Waals surface area contributed by atoms with Crippen LogP contribution in [0, 0.1) is 12.7 Å². The number of rotatable bonds is 5. The van der Waals surface area contributed by atoms with Crippen molar-refractivity contribution < 1.29 is 12.8 Å². The van der Waals surface area contributed by atoms with Gasteiger partial charge in [-0.1, -0.05) is 48.0 Å². The average Bonchev–Trinajstić information content (AvgIpc) is 2.65. The highest BCUT2D eigenvalue weighted by Gasteiger charge is 2.30. The minimum Gasteiger partial charge on any atom is -0.259 e. The molecular weight excluding hydrogens is 385 g/mol. The molecule has 3 nitrogen and oxygen atoms in total. The lowest BCUT2D eigenvalue weighted by atomic mass is 10.1. The van der Waals surface area contributed by atoms with Crippen molar-refractivity contribution in [2.24, 2.45) is 0 Å². The van der Waals surface area contributed by atoms with Gasteiger partial charge >= 0.3 is 0 Å². The topological polar surface area (TPSA) is 37.4 Å². The van der Waals surface area contributed by atoms with Gasteiger partial charge in [0.2, 0.25) is 0 Å². The SMILES string of the molecule is Cc1ccc(N(C(C)c2ccccc2)S(=O)(=O)c2ccc(Cl)cc2)cc1F. The largest absolute Gasteiger partial charge is 0.264 e. The summed E-state index contributed by atoms with van der Waals surface area (Å²) < 4.78 is 42.3. The molecule has 0 heterocycles. The molecule has 1 unspecified atom stereocenters. The van der Waals surface area contributed by atoms with E-state index in [2.05, 4.69) is 0 Å². The van der Waals surface area contributed by atoms with Crippen LogP contribution >= 0.6 is 11.6 Å². The first-order valence-electron chi connectivity index (χ1n) is 8.42. The first-order valence-corrected chi connectivity index (χ1v) is 10.2. The van der Waals surface area contributed by atoms with Crippen LogP contribution in [-0.2, 0) is 10.0 Å². The summed E-state index contributed by atoms with van der Waals surface area (Å²) in [5, 5.41) is 0.443. The van der Waals surface area contributed by atoms with Crippen molar-refractivity contribution in [1.82, 2.24) is 0 Å². The summed E-state index contributed by atoms with van der Waals surface area (Å²) in [5.74, 6) is -0.455. The minimum absolute atomic E-state index is 0.0932. The summed E-state index contributed by atoms with van der Waals surface area (Å²) in [6.45, 7) is 3.42. The lowest BCUT2D eigenvalue weighted by molar-refractivity contribution is 0.581. The number of benzene rings is 3. The number of hydrogen-bond donors (Lipinski definition) is 0. The molecule has 1 atom stereocenters. The molecule has 0 amide bonds. The molecule has 0 aliphatic heterocycles. The Hall–Kier alpha value is -2.37. The Bertz CT molecular complexity index is 1040. The third kappa shape index (κ3) is 3.99. The molecule has 0 aliphatic carbocycles. The molecule has 3 aromatic rings. The zero-order chi connectivity index (χ0) is 19.6. The quantitative estimate of drug-likeness (QED) is 0.544. The van der Waals surface area contributed by atoms with E-state index in [1.807, 2.05) is 30.3 Å². The van der Waals surface area contributed by atoms with Crippen LogP contribution in [-0.4, -0.2) is 8.42 Å². The molecule has 27 heavy (non-hydrogen) atoms. The molecular formula is C21H19ClFNO2S. The standard InChI is InChI=1S/C21H19ClFNO2S/c1-15-8-11-19(14-21(15)23)24(16(2)17-6-4-3-5-7-17)27(25,26)20-12-9-18(22)10-13-20/h3-14,16H,1-2H3. The Balaban J connectivity index is 2.17. The molecule has 0 saturated heterocycles. The van der Waals surface area contributed by atoms with Crippen LogP contribution in [0.3, 0.4) is 0 Å². The van der Waals surface area contributed by atoms with Crippen LogP contribution in [0.1, 0.15) is 24.1 Å². The first kappa shape index (κ1) is 19.4. The van der Waals surface area contributed by atoms with Crippen molar-refractivity contribution in [2.75, 3.05) is 4.31 Å². The Kier molecular flexibility index (Phi) is 5.53. The number of nitrogens with zero attached hydrogens (tertiary/aromatic N) is 1. The van der Waals surface area contributed by atoms with Gasteiger partial charge in [-0.15, -0.1) is 0 Å². The van der Waals surface area contributed by atoms with E-state index < -0.39 is 21.9 Å². The summed E-state index contributed by atoms with van der Waals surface area (Å²) in [5.41, 5.74) is 1.52. The predicted octanol–water partition coefficient (Wildman–Crippen LogP) is 5.74. The summed E-state index contributed by atoms with van der Waals surface area (Å²) in [7, 11) is -3.94. The van der Waals surface area contributed by atoms with E-state index in [0.717, 1.165) is 5.56 Å². The van der Waals surface area contributed by atoms with Gasteiger partial charge in [-0.05, 0) is 61.4 Å². The predicted molar refractivity (Wildman–Crippen MR) is 107 cm³/mol. The molecule has 0 bridgehead atoms. The van der Waals surface area contributed by atoms with Gasteiger partial charge in [-0.2, -0.15) is 0 Å². The van der Waals surface area contributed by atoms with E-state index in [4.69, 9.17) is 11.6 Å². The summed E-state index contributed by atoms with van der Waals surface area (Å²) in [6, 6.07) is 19.1. The number of anilines is 1. The minimum atomic E-state index is -3.94. The molecule has 0 saturated carbocycles. The normalized spacial score (nSPS) is 12.6. The van der Waals surface area contributed by atoms with E-state index in [1.165, 1.54) is 34.6 Å². The van der Waals surface area contributed by atoms with Gasteiger partial charge in [0.05, 0.1) is 16.6 Å². The van der Waals surface area contributed by atoms with Crippen LogP contribution in [0.25, 0.3) is 0 Å². The van der Waals surface area contributed by atoms with Crippen molar-refractivity contribution in [3.63, 3.8) is 0 Å². The molecule has 3 aromatic carbocycles. The Labute approximate surface area is 164 Å². The molecule has 0 N–H and O–H groups in total. The average molecular weight is 404 g/mol. The molecule has 140 valence electrons. The maximum atomic E-state index is 14.2. The zero-order valence-electron chi connectivity index (χ0n) is 14.9. The summed E-state index contributed by atoms with van der Waals surface area (Å²) in [6.07, 6.45) is 0. The number of sulfonamides is 1. The number of halogens is 2. The van der Waals surface area contributed by atoms with Gasteiger partial charge in [0.15, 0.2) is 0 Å². The second-order valence-corrected chi connectivity index (χ2v) is 8.53. The fraction of sp³-hybridized carbons (Fsp3) is 0.143. The second-order valence-electron chi connectivity index (χ2n) is 6.27. The van der Waals surface area contributed by atoms with Crippen molar-refractivity contribution >= 4 is 27.3 Å². The second kappa shape index (κ2) is 7.71. The maximum Gasteiger partial charge on any atom is 0.264 e.